The molecule has 0 aromatic rings. The van der Waals surface area contributed by atoms with Crippen LogP contribution < -0.4 is 0 Å². The van der Waals surface area contributed by atoms with Gasteiger partial charge in [0.15, 0.2) is 0 Å². The van der Waals surface area contributed by atoms with Gasteiger partial charge >= 0.3 is 5.97 Å². The summed E-state index contributed by atoms with van der Waals surface area (Å²) in [6, 6.07) is 0. The standard InChI is InChI=1S/C21H33NO5/c1-3-14(4-2)7-8-15(23)9-10-16-17-12-19(18(17)13-20(16)24)22-27-11-5-6-21(25)26/h14-18,20,23-24H,3-8,11-13H2,1-2H3,(H,25,26). The molecule has 6 heteroatoms. The molecule has 2 fully saturated rings. The molecule has 2 aliphatic carbocycles. The quantitative estimate of drug-likeness (QED) is 0.308. The summed E-state index contributed by atoms with van der Waals surface area (Å²) in [5.41, 5.74) is 0.938. The summed E-state index contributed by atoms with van der Waals surface area (Å²) >= 11 is 0. The Hall–Kier alpha value is -1.58. The van der Waals surface area contributed by atoms with Crippen molar-refractivity contribution in [1.82, 2.24) is 0 Å². The second-order valence-electron chi connectivity index (χ2n) is 7.78. The normalized spacial score (nSPS) is 29.0. The Balaban J connectivity index is 1.77. The summed E-state index contributed by atoms with van der Waals surface area (Å²) in [4.78, 5) is 15.7. The van der Waals surface area contributed by atoms with Crippen molar-refractivity contribution >= 4 is 11.7 Å². The van der Waals surface area contributed by atoms with Gasteiger partial charge < -0.3 is 20.2 Å². The third-order valence-corrected chi connectivity index (χ3v) is 5.99. The van der Waals surface area contributed by atoms with E-state index < -0.39 is 18.2 Å². The van der Waals surface area contributed by atoms with E-state index in [0.29, 0.717) is 31.8 Å². The Bertz CT molecular complexity index is 575. The van der Waals surface area contributed by atoms with E-state index in [1.54, 1.807) is 0 Å². The molecule has 2 rings (SSSR count). The monoisotopic (exact) mass is 379 g/mol. The van der Waals surface area contributed by atoms with Crippen LogP contribution in [-0.2, 0) is 9.63 Å². The van der Waals surface area contributed by atoms with Gasteiger partial charge in [-0.25, -0.2) is 0 Å². The highest BCUT2D eigenvalue weighted by Gasteiger charge is 2.51. The molecule has 0 heterocycles. The predicted octanol–water partition coefficient (Wildman–Crippen LogP) is 2.82. The van der Waals surface area contributed by atoms with Gasteiger partial charge in [0.2, 0.25) is 0 Å². The molecule has 0 saturated heterocycles. The summed E-state index contributed by atoms with van der Waals surface area (Å²) in [5.74, 6) is 6.24. The molecular formula is C21H33NO5. The highest BCUT2D eigenvalue weighted by Crippen LogP contribution is 2.48. The fourth-order valence-corrected chi connectivity index (χ4v) is 4.08. The number of aliphatic hydroxyl groups excluding tert-OH is 2. The van der Waals surface area contributed by atoms with Crippen molar-refractivity contribution in [3.05, 3.63) is 0 Å². The lowest BCUT2D eigenvalue weighted by atomic mass is 9.71. The molecule has 5 atom stereocenters. The van der Waals surface area contributed by atoms with E-state index in [1.165, 1.54) is 0 Å². The Morgan fingerprint density at radius 1 is 1.33 bits per heavy atom. The van der Waals surface area contributed by atoms with Gasteiger partial charge in [-0.1, -0.05) is 43.7 Å². The minimum Gasteiger partial charge on any atom is -0.481 e. The van der Waals surface area contributed by atoms with Gasteiger partial charge in [-0.2, -0.15) is 0 Å². The zero-order valence-electron chi connectivity index (χ0n) is 16.4. The van der Waals surface area contributed by atoms with Crippen molar-refractivity contribution in [1.29, 1.82) is 0 Å². The van der Waals surface area contributed by atoms with E-state index in [1.807, 2.05) is 0 Å². The van der Waals surface area contributed by atoms with Crippen LogP contribution in [0.1, 0.15) is 65.2 Å². The van der Waals surface area contributed by atoms with E-state index in [-0.39, 0.29) is 24.2 Å². The molecule has 0 bridgehead atoms. The average Bonchev–Trinajstić information content (AvgIpc) is 2.87. The summed E-state index contributed by atoms with van der Waals surface area (Å²) in [5, 5.41) is 33.1. The van der Waals surface area contributed by atoms with Gasteiger partial charge in [-0.3, -0.25) is 4.79 Å². The van der Waals surface area contributed by atoms with Crippen molar-refractivity contribution in [3.8, 4) is 11.8 Å². The fourth-order valence-electron chi connectivity index (χ4n) is 4.08. The largest absolute Gasteiger partial charge is 0.481 e. The van der Waals surface area contributed by atoms with Crippen LogP contribution in [0, 0.1) is 35.5 Å². The van der Waals surface area contributed by atoms with Gasteiger partial charge in [-0.05, 0) is 43.9 Å². The lowest BCUT2D eigenvalue weighted by molar-refractivity contribution is -0.137. The first-order valence-electron chi connectivity index (χ1n) is 10.2. The van der Waals surface area contributed by atoms with Crippen molar-refractivity contribution in [2.75, 3.05) is 6.61 Å². The van der Waals surface area contributed by atoms with Crippen molar-refractivity contribution in [2.24, 2.45) is 28.8 Å². The second-order valence-corrected chi connectivity index (χ2v) is 7.78. The molecule has 2 aliphatic rings. The van der Waals surface area contributed by atoms with Gasteiger partial charge in [0.25, 0.3) is 0 Å². The van der Waals surface area contributed by atoms with Crippen molar-refractivity contribution in [2.45, 2.75) is 77.4 Å². The third kappa shape index (κ3) is 6.22. The lowest BCUT2D eigenvalue weighted by Crippen LogP contribution is -2.36. The summed E-state index contributed by atoms with van der Waals surface area (Å²) in [6.07, 6.45) is 4.71. The van der Waals surface area contributed by atoms with Crippen LogP contribution >= 0.6 is 0 Å². The minimum absolute atomic E-state index is 0.0763. The fraction of sp³-hybridized carbons (Fsp3) is 0.810. The molecule has 2 saturated carbocycles. The van der Waals surface area contributed by atoms with E-state index in [4.69, 9.17) is 9.94 Å². The number of aliphatic carboxylic acids is 1. The number of rotatable bonds is 10. The molecule has 0 aromatic carbocycles. The van der Waals surface area contributed by atoms with E-state index in [0.717, 1.165) is 31.4 Å². The average molecular weight is 379 g/mol. The SMILES string of the molecule is CCC(CC)CCC(O)C#CC1C(O)CC2C(=NOCCCC(=O)O)CC21. The molecule has 5 unspecified atom stereocenters. The number of aliphatic hydroxyl groups is 2. The Morgan fingerprint density at radius 3 is 2.74 bits per heavy atom. The maximum Gasteiger partial charge on any atom is 0.303 e. The van der Waals surface area contributed by atoms with E-state index >= 15 is 0 Å². The molecule has 0 aromatic heterocycles. The van der Waals surface area contributed by atoms with Crippen LogP contribution in [0.5, 0.6) is 0 Å². The van der Waals surface area contributed by atoms with Crippen LogP contribution in [0.25, 0.3) is 0 Å². The van der Waals surface area contributed by atoms with Crippen LogP contribution in [-0.4, -0.2) is 45.8 Å². The summed E-state index contributed by atoms with van der Waals surface area (Å²) in [6.45, 7) is 4.64. The summed E-state index contributed by atoms with van der Waals surface area (Å²) < 4.78 is 0. The molecule has 6 nitrogen and oxygen atoms in total. The molecule has 3 N–H and O–H groups in total. The number of carbonyl (C=O) groups is 1. The van der Waals surface area contributed by atoms with Crippen LogP contribution in [0.3, 0.4) is 0 Å². The molecule has 152 valence electrons. The first-order chi connectivity index (χ1) is 13.0. The first-order valence-corrected chi connectivity index (χ1v) is 10.2. The Labute approximate surface area is 162 Å². The predicted molar refractivity (Wildman–Crippen MR) is 103 cm³/mol. The van der Waals surface area contributed by atoms with Gasteiger partial charge in [-0.15, -0.1) is 0 Å². The highest BCUT2D eigenvalue weighted by atomic mass is 16.6. The maximum absolute atomic E-state index is 10.5. The maximum atomic E-state index is 10.5. The molecule has 0 radical (unpaired) electrons. The zero-order valence-corrected chi connectivity index (χ0v) is 16.4. The van der Waals surface area contributed by atoms with Crippen LogP contribution in [0.2, 0.25) is 0 Å². The number of hydrogen-bond donors (Lipinski definition) is 3. The highest BCUT2D eigenvalue weighted by molar-refractivity contribution is 5.93. The smallest absolute Gasteiger partial charge is 0.303 e. The van der Waals surface area contributed by atoms with Crippen LogP contribution in [0.4, 0.5) is 0 Å². The second kappa shape index (κ2) is 10.7. The zero-order chi connectivity index (χ0) is 19.8. The lowest BCUT2D eigenvalue weighted by Gasteiger charge is -2.33. The third-order valence-electron chi connectivity index (χ3n) is 5.99. The molecule has 0 amide bonds. The molecule has 0 aliphatic heterocycles. The number of carboxylic acids is 1. The number of hydrogen-bond acceptors (Lipinski definition) is 5. The van der Waals surface area contributed by atoms with Crippen molar-refractivity contribution in [3.63, 3.8) is 0 Å². The van der Waals surface area contributed by atoms with Gasteiger partial charge in [0, 0.05) is 12.3 Å². The summed E-state index contributed by atoms with van der Waals surface area (Å²) in [7, 11) is 0. The van der Waals surface area contributed by atoms with Crippen LogP contribution in [0.15, 0.2) is 5.16 Å². The number of fused-ring (bicyclic) bond motifs is 1. The van der Waals surface area contributed by atoms with Gasteiger partial charge in [0.1, 0.15) is 12.7 Å². The number of oxime groups is 1. The number of nitrogens with zero attached hydrogens (tertiary/aromatic N) is 1. The topological polar surface area (TPSA) is 99.4 Å². The first kappa shape index (κ1) is 21.7. The molecule has 27 heavy (non-hydrogen) atoms. The minimum atomic E-state index is -0.836. The van der Waals surface area contributed by atoms with E-state index in [2.05, 4.69) is 30.8 Å². The van der Waals surface area contributed by atoms with E-state index in [9.17, 15) is 15.0 Å². The Morgan fingerprint density at radius 2 is 2.07 bits per heavy atom. The number of carboxylic acid groups (broad SMARTS) is 1. The Kier molecular flexibility index (Phi) is 8.59. The molecule has 0 spiro atoms. The molecular weight excluding hydrogens is 346 g/mol. The van der Waals surface area contributed by atoms with Gasteiger partial charge in [0.05, 0.1) is 17.7 Å². The van der Waals surface area contributed by atoms with Crippen molar-refractivity contribution < 1.29 is 25.0 Å².